The van der Waals surface area contributed by atoms with Crippen molar-refractivity contribution < 1.29 is 17.9 Å². The Labute approximate surface area is 174 Å². The Morgan fingerprint density at radius 1 is 1.17 bits per heavy atom. The SMILES string of the molecule is CS(=O)(=O)N[C@H]1CCCN(C(=O)CC2CC2)[C@H]1COC1CC(c2ccccc2)C1. The van der Waals surface area contributed by atoms with E-state index in [-0.39, 0.29) is 24.1 Å². The minimum atomic E-state index is -3.33. The van der Waals surface area contributed by atoms with Gasteiger partial charge in [-0.15, -0.1) is 0 Å². The van der Waals surface area contributed by atoms with Crippen LogP contribution in [-0.4, -0.2) is 56.8 Å². The van der Waals surface area contributed by atoms with E-state index in [2.05, 4.69) is 29.0 Å². The van der Waals surface area contributed by atoms with E-state index in [9.17, 15) is 13.2 Å². The van der Waals surface area contributed by atoms with E-state index in [1.54, 1.807) is 0 Å². The van der Waals surface area contributed by atoms with Gasteiger partial charge in [0.05, 0.1) is 25.0 Å². The number of piperidine rings is 1. The van der Waals surface area contributed by atoms with Crippen LogP contribution in [0.15, 0.2) is 30.3 Å². The summed E-state index contributed by atoms with van der Waals surface area (Å²) in [5.41, 5.74) is 1.35. The molecule has 1 N–H and O–H groups in total. The largest absolute Gasteiger partial charge is 0.376 e. The fourth-order valence-electron chi connectivity index (χ4n) is 4.61. The summed E-state index contributed by atoms with van der Waals surface area (Å²) in [7, 11) is -3.33. The predicted octanol–water partition coefficient (Wildman–Crippen LogP) is 2.66. The Morgan fingerprint density at radius 2 is 1.90 bits per heavy atom. The second kappa shape index (κ2) is 8.74. The summed E-state index contributed by atoms with van der Waals surface area (Å²) in [5.74, 6) is 1.20. The molecule has 0 unspecified atom stereocenters. The van der Waals surface area contributed by atoms with Crippen LogP contribution in [0.5, 0.6) is 0 Å². The first-order valence-electron chi connectivity index (χ1n) is 10.8. The van der Waals surface area contributed by atoms with Crippen molar-refractivity contribution in [1.82, 2.24) is 9.62 Å². The summed E-state index contributed by atoms with van der Waals surface area (Å²) in [6.45, 7) is 1.09. The van der Waals surface area contributed by atoms with Crippen molar-refractivity contribution in [2.24, 2.45) is 5.92 Å². The monoisotopic (exact) mass is 420 g/mol. The first-order valence-corrected chi connectivity index (χ1v) is 12.7. The molecule has 160 valence electrons. The van der Waals surface area contributed by atoms with Gasteiger partial charge in [0.25, 0.3) is 0 Å². The highest BCUT2D eigenvalue weighted by Gasteiger charge is 2.39. The number of hydrogen-bond acceptors (Lipinski definition) is 4. The molecule has 3 aliphatic rings. The van der Waals surface area contributed by atoms with Crippen molar-refractivity contribution >= 4 is 15.9 Å². The van der Waals surface area contributed by atoms with E-state index < -0.39 is 10.0 Å². The van der Waals surface area contributed by atoms with Crippen molar-refractivity contribution in [2.75, 3.05) is 19.4 Å². The minimum absolute atomic E-state index is 0.150. The molecule has 1 aromatic rings. The molecule has 1 amide bonds. The lowest BCUT2D eigenvalue weighted by Gasteiger charge is -2.43. The van der Waals surface area contributed by atoms with Gasteiger partial charge in [-0.05, 0) is 55.9 Å². The summed E-state index contributed by atoms with van der Waals surface area (Å²) < 4.78 is 32.7. The molecule has 0 aromatic heterocycles. The molecule has 4 rings (SSSR count). The number of carbonyl (C=O) groups excluding carboxylic acids is 1. The van der Waals surface area contributed by atoms with E-state index in [4.69, 9.17) is 4.74 Å². The molecule has 1 heterocycles. The van der Waals surface area contributed by atoms with E-state index in [0.29, 0.717) is 31.4 Å². The summed E-state index contributed by atoms with van der Waals surface area (Å²) >= 11 is 0. The lowest BCUT2D eigenvalue weighted by molar-refractivity contribution is -0.139. The van der Waals surface area contributed by atoms with Gasteiger partial charge in [0.1, 0.15) is 0 Å². The van der Waals surface area contributed by atoms with Crippen molar-refractivity contribution in [1.29, 1.82) is 0 Å². The first kappa shape index (κ1) is 20.8. The molecule has 0 bridgehead atoms. The Kier molecular flexibility index (Phi) is 6.27. The Hall–Kier alpha value is -1.44. The molecule has 6 nitrogen and oxygen atoms in total. The highest BCUT2D eigenvalue weighted by molar-refractivity contribution is 7.88. The highest BCUT2D eigenvalue weighted by Crippen LogP contribution is 2.39. The van der Waals surface area contributed by atoms with Crippen molar-refractivity contribution in [3.05, 3.63) is 35.9 Å². The summed E-state index contributed by atoms with van der Waals surface area (Å²) in [6, 6.07) is 9.99. The lowest BCUT2D eigenvalue weighted by Crippen LogP contribution is -2.59. The molecule has 2 atom stereocenters. The summed E-state index contributed by atoms with van der Waals surface area (Å²) in [5, 5.41) is 0. The van der Waals surface area contributed by atoms with Gasteiger partial charge in [-0.1, -0.05) is 30.3 Å². The maximum absolute atomic E-state index is 12.8. The third kappa shape index (κ3) is 5.58. The topological polar surface area (TPSA) is 75.7 Å². The molecule has 2 saturated carbocycles. The van der Waals surface area contributed by atoms with Crippen LogP contribution in [0, 0.1) is 5.92 Å². The van der Waals surface area contributed by atoms with Crippen LogP contribution in [-0.2, 0) is 19.6 Å². The van der Waals surface area contributed by atoms with Crippen LogP contribution < -0.4 is 4.72 Å². The number of likely N-dealkylation sites (tertiary alicyclic amines) is 1. The molecular weight excluding hydrogens is 388 g/mol. The maximum Gasteiger partial charge on any atom is 0.223 e. The van der Waals surface area contributed by atoms with Crippen molar-refractivity contribution in [3.63, 3.8) is 0 Å². The third-order valence-electron chi connectivity index (χ3n) is 6.49. The second-order valence-electron chi connectivity index (χ2n) is 8.98. The normalized spacial score (nSPS) is 30.0. The van der Waals surface area contributed by atoms with Crippen LogP contribution in [0.2, 0.25) is 0 Å². The van der Waals surface area contributed by atoms with Gasteiger partial charge in [0.15, 0.2) is 0 Å². The van der Waals surface area contributed by atoms with Gasteiger partial charge in [-0.3, -0.25) is 4.79 Å². The summed E-state index contributed by atoms with van der Waals surface area (Å²) in [6.07, 6.45) is 7.75. The number of rotatable bonds is 8. The minimum Gasteiger partial charge on any atom is -0.376 e. The molecular formula is C22H32N2O4S. The molecule has 2 aliphatic carbocycles. The van der Waals surface area contributed by atoms with Crippen LogP contribution in [0.3, 0.4) is 0 Å². The standard InChI is InChI=1S/C22H32N2O4S/c1-29(26,27)23-20-8-5-11-24(22(25)12-16-9-10-16)21(20)15-28-19-13-18(14-19)17-6-3-2-4-7-17/h2-4,6-7,16,18-21,23H,5,8-15H2,1H3/t18?,19?,20-,21-/m0/s1. The van der Waals surface area contributed by atoms with Gasteiger partial charge in [0.2, 0.25) is 15.9 Å². The average molecular weight is 421 g/mol. The van der Waals surface area contributed by atoms with E-state index in [0.717, 1.165) is 38.5 Å². The third-order valence-corrected chi connectivity index (χ3v) is 7.22. The van der Waals surface area contributed by atoms with Crippen LogP contribution in [0.1, 0.15) is 56.4 Å². The van der Waals surface area contributed by atoms with Gasteiger partial charge >= 0.3 is 0 Å². The molecule has 0 spiro atoms. The lowest BCUT2D eigenvalue weighted by atomic mass is 9.77. The molecule has 1 aliphatic heterocycles. The molecule has 7 heteroatoms. The molecule has 3 fully saturated rings. The van der Waals surface area contributed by atoms with E-state index in [1.807, 2.05) is 11.0 Å². The first-order chi connectivity index (χ1) is 13.9. The van der Waals surface area contributed by atoms with Gasteiger partial charge in [-0.25, -0.2) is 13.1 Å². The number of carbonyl (C=O) groups is 1. The van der Waals surface area contributed by atoms with E-state index >= 15 is 0 Å². The zero-order chi connectivity index (χ0) is 20.4. The zero-order valence-electron chi connectivity index (χ0n) is 17.1. The fraction of sp³-hybridized carbons (Fsp3) is 0.682. The van der Waals surface area contributed by atoms with Gasteiger partial charge in [-0.2, -0.15) is 0 Å². The fourth-order valence-corrected chi connectivity index (χ4v) is 5.43. The average Bonchev–Trinajstić information content (AvgIpc) is 3.45. The highest BCUT2D eigenvalue weighted by atomic mass is 32.2. The van der Waals surface area contributed by atoms with Crippen LogP contribution >= 0.6 is 0 Å². The molecule has 1 aromatic carbocycles. The number of benzene rings is 1. The van der Waals surface area contributed by atoms with Crippen molar-refractivity contribution in [2.45, 2.75) is 69.1 Å². The predicted molar refractivity (Wildman–Crippen MR) is 112 cm³/mol. The number of nitrogens with zero attached hydrogens (tertiary/aromatic N) is 1. The number of sulfonamides is 1. The maximum atomic E-state index is 12.8. The number of ether oxygens (including phenoxy) is 1. The zero-order valence-corrected chi connectivity index (χ0v) is 17.9. The van der Waals surface area contributed by atoms with Gasteiger partial charge < -0.3 is 9.64 Å². The molecule has 0 radical (unpaired) electrons. The number of amides is 1. The number of hydrogen-bond donors (Lipinski definition) is 1. The Bertz CT molecular complexity index is 803. The molecule has 29 heavy (non-hydrogen) atoms. The van der Waals surface area contributed by atoms with Crippen LogP contribution in [0.4, 0.5) is 0 Å². The van der Waals surface area contributed by atoms with E-state index in [1.165, 1.54) is 11.8 Å². The van der Waals surface area contributed by atoms with Crippen LogP contribution in [0.25, 0.3) is 0 Å². The van der Waals surface area contributed by atoms with Crippen molar-refractivity contribution in [3.8, 4) is 0 Å². The molecule has 1 saturated heterocycles. The van der Waals surface area contributed by atoms with Gasteiger partial charge in [0, 0.05) is 19.0 Å². The summed E-state index contributed by atoms with van der Waals surface area (Å²) in [4.78, 5) is 14.7. The number of nitrogens with one attached hydrogen (secondary N) is 1. The smallest absolute Gasteiger partial charge is 0.223 e. The second-order valence-corrected chi connectivity index (χ2v) is 10.8. The quantitative estimate of drug-likeness (QED) is 0.702. The Balaban J connectivity index is 1.36. The Morgan fingerprint density at radius 3 is 2.55 bits per heavy atom.